The average Bonchev–Trinajstić information content (AvgIpc) is 3.29. The number of aryl methyl sites for hydroxylation is 2. The summed E-state index contributed by atoms with van der Waals surface area (Å²) in [6.07, 6.45) is -0.780. The van der Waals surface area contributed by atoms with Crippen molar-refractivity contribution in [2.75, 3.05) is 17.2 Å². The first-order valence-electron chi connectivity index (χ1n) is 13.2. The van der Waals surface area contributed by atoms with Gasteiger partial charge in [0.2, 0.25) is 11.9 Å². The van der Waals surface area contributed by atoms with Crippen LogP contribution in [0.5, 0.6) is 0 Å². The summed E-state index contributed by atoms with van der Waals surface area (Å²) >= 11 is 1.26. The van der Waals surface area contributed by atoms with Crippen molar-refractivity contribution in [3.63, 3.8) is 0 Å². The molecule has 2 saturated carbocycles. The molecule has 3 aliphatic rings. The molecule has 0 spiro atoms. The van der Waals surface area contributed by atoms with Gasteiger partial charge in [-0.05, 0) is 37.7 Å². The van der Waals surface area contributed by atoms with Gasteiger partial charge < -0.3 is 16.0 Å². The van der Waals surface area contributed by atoms with E-state index >= 15 is 0 Å². The van der Waals surface area contributed by atoms with Gasteiger partial charge in [-0.15, -0.1) is 21.5 Å². The molecule has 0 saturated heterocycles. The van der Waals surface area contributed by atoms with Gasteiger partial charge in [-0.25, -0.2) is 22.0 Å². The standard InChI is InChI=1S/C25H27F5N8O2S/c1-37-18(7-16(36-37)20(27)28)33-24-35-32-10-38(24)14-2-3-17-15(6-14)19(22(40)31-9-12-8-25(12,29)30)23(41-17)34-21(39)11-4-13(26)5-11/h7,10-14,20H,2-6,8-9H2,1H3,(H,31,40)(H,33,35)(H,34,39)/t11?,12-,13?,14+/m1/s1. The Balaban J connectivity index is 1.25. The molecular weight excluding hydrogens is 571 g/mol. The summed E-state index contributed by atoms with van der Waals surface area (Å²) in [7, 11) is 1.52. The van der Waals surface area contributed by atoms with E-state index in [2.05, 4.69) is 31.2 Å². The number of nitrogens with one attached hydrogen (secondary N) is 3. The van der Waals surface area contributed by atoms with E-state index in [0.29, 0.717) is 35.8 Å². The van der Waals surface area contributed by atoms with Crippen LogP contribution >= 0.6 is 11.3 Å². The summed E-state index contributed by atoms with van der Waals surface area (Å²) in [4.78, 5) is 27.0. The molecule has 41 heavy (non-hydrogen) atoms. The van der Waals surface area contributed by atoms with Crippen LogP contribution in [0, 0.1) is 11.8 Å². The topological polar surface area (TPSA) is 119 Å². The van der Waals surface area contributed by atoms with Crippen LogP contribution in [-0.2, 0) is 24.7 Å². The predicted octanol–water partition coefficient (Wildman–Crippen LogP) is 4.56. The Morgan fingerprint density at radius 2 is 2.02 bits per heavy atom. The van der Waals surface area contributed by atoms with Crippen LogP contribution in [-0.4, -0.2) is 55.0 Å². The minimum atomic E-state index is -2.79. The number of amides is 2. The van der Waals surface area contributed by atoms with E-state index in [4.69, 9.17) is 0 Å². The smallest absolute Gasteiger partial charge is 0.282 e. The zero-order chi connectivity index (χ0) is 29.1. The molecule has 3 aliphatic carbocycles. The molecule has 10 nitrogen and oxygen atoms in total. The van der Waals surface area contributed by atoms with Crippen LogP contribution in [0.4, 0.5) is 38.7 Å². The highest BCUT2D eigenvalue weighted by Gasteiger charge is 2.56. The Morgan fingerprint density at radius 3 is 2.68 bits per heavy atom. The largest absolute Gasteiger partial charge is 0.351 e. The second-order valence-corrected chi connectivity index (χ2v) is 11.9. The second kappa shape index (κ2) is 10.4. The quantitative estimate of drug-likeness (QED) is 0.311. The van der Waals surface area contributed by atoms with E-state index in [-0.39, 0.29) is 54.8 Å². The van der Waals surface area contributed by atoms with Gasteiger partial charge in [-0.2, -0.15) is 5.10 Å². The number of fused-ring (bicyclic) bond motifs is 1. The molecule has 3 N–H and O–H groups in total. The van der Waals surface area contributed by atoms with Gasteiger partial charge >= 0.3 is 0 Å². The molecule has 0 radical (unpaired) electrons. The third kappa shape index (κ3) is 5.40. The van der Waals surface area contributed by atoms with Crippen LogP contribution in [0.3, 0.4) is 0 Å². The summed E-state index contributed by atoms with van der Waals surface area (Å²) in [5.41, 5.74) is 0.512. The summed E-state index contributed by atoms with van der Waals surface area (Å²) in [5.74, 6) is -4.56. The maximum atomic E-state index is 13.4. The molecule has 0 aromatic carbocycles. The number of carbonyl (C=O) groups is 2. The first-order chi connectivity index (χ1) is 19.5. The lowest BCUT2D eigenvalue weighted by molar-refractivity contribution is -0.124. The molecule has 2 amide bonds. The maximum Gasteiger partial charge on any atom is 0.282 e. The van der Waals surface area contributed by atoms with Crippen molar-refractivity contribution in [2.45, 2.75) is 63.1 Å². The van der Waals surface area contributed by atoms with Crippen LogP contribution in [0.25, 0.3) is 0 Å². The molecule has 2 atom stereocenters. The van der Waals surface area contributed by atoms with Gasteiger partial charge in [0.15, 0.2) is 0 Å². The van der Waals surface area contributed by atoms with Crippen LogP contribution in [0.2, 0.25) is 0 Å². The van der Waals surface area contributed by atoms with Gasteiger partial charge in [-0.1, -0.05) is 0 Å². The second-order valence-electron chi connectivity index (χ2n) is 10.8. The van der Waals surface area contributed by atoms with Crippen molar-refractivity contribution in [3.8, 4) is 0 Å². The van der Waals surface area contributed by atoms with Crippen molar-refractivity contribution < 1.29 is 31.5 Å². The number of thiophene rings is 1. The monoisotopic (exact) mass is 598 g/mol. The molecule has 0 unspecified atom stereocenters. The number of halogens is 5. The fourth-order valence-electron chi connectivity index (χ4n) is 5.33. The zero-order valence-electron chi connectivity index (χ0n) is 21.8. The molecule has 2 fully saturated rings. The fraction of sp³-hybridized carbons (Fsp3) is 0.560. The van der Waals surface area contributed by atoms with E-state index in [1.165, 1.54) is 35.5 Å². The highest BCUT2D eigenvalue weighted by atomic mass is 32.1. The molecule has 0 bridgehead atoms. The molecule has 3 aromatic rings. The molecule has 3 heterocycles. The summed E-state index contributed by atoms with van der Waals surface area (Å²) < 4.78 is 69.5. The molecule has 16 heteroatoms. The van der Waals surface area contributed by atoms with Crippen LogP contribution < -0.4 is 16.0 Å². The Morgan fingerprint density at radius 1 is 1.27 bits per heavy atom. The van der Waals surface area contributed by atoms with E-state index in [0.717, 1.165) is 4.88 Å². The number of anilines is 3. The Hall–Kier alpha value is -3.56. The molecule has 0 aliphatic heterocycles. The first kappa shape index (κ1) is 27.6. The minimum absolute atomic E-state index is 0.121. The number of carbonyl (C=O) groups excluding carboxylic acids is 2. The van der Waals surface area contributed by atoms with E-state index in [1.807, 2.05) is 0 Å². The lowest BCUT2D eigenvalue weighted by Crippen LogP contribution is -2.36. The number of nitrogens with zero attached hydrogens (tertiary/aromatic N) is 5. The van der Waals surface area contributed by atoms with E-state index in [9.17, 15) is 31.5 Å². The van der Waals surface area contributed by atoms with Crippen LogP contribution in [0.15, 0.2) is 12.4 Å². The van der Waals surface area contributed by atoms with Gasteiger partial charge in [0, 0.05) is 48.8 Å². The molecule has 3 aromatic heterocycles. The van der Waals surface area contributed by atoms with Gasteiger partial charge in [0.1, 0.15) is 29.0 Å². The zero-order valence-corrected chi connectivity index (χ0v) is 22.7. The Kier molecular flexibility index (Phi) is 6.98. The highest BCUT2D eigenvalue weighted by Crippen LogP contribution is 2.48. The van der Waals surface area contributed by atoms with E-state index < -0.39 is 36.3 Å². The van der Waals surface area contributed by atoms with Gasteiger partial charge in [-0.3, -0.25) is 18.8 Å². The van der Waals surface area contributed by atoms with Crippen molar-refractivity contribution in [1.82, 2.24) is 29.9 Å². The average molecular weight is 599 g/mol. The number of rotatable bonds is 9. The number of hydrogen-bond acceptors (Lipinski definition) is 7. The molecular formula is C25H27F5N8O2S. The van der Waals surface area contributed by atoms with Gasteiger partial charge in [0.05, 0.1) is 5.56 Å². The number of hydrogen-bond donors (Lipinski definition) is 3. The summed E-state index contributed by atoms with van der Waals surface area (Å²) in [6.45, 7) is -0.190. The fourth-order valence-corrected chi connectivity index (χ4v) is 6.57. The third-order valence-corrected chi connectivity index (χ3v) is 9.15. The normalized spacial score (nSPS) is 24.5. The summed E-state index contributed by atoms with van der Waals surface area (Å²) in [6, 6.07) is 0.981. The van der Waals surface area contributed by atoms with Crippen molar-refractivity contribution >= 4 is 39.9 Å². The highest BCUT2D eigenvalue weighted by molar-refractivity contribution is 7.17. The molecule has 6 rings (SSSR count). The summed E-state index contributed by atoms with van der Waals surface area (Å²) in [5, 5.41) is 20.5. The lowest BCUT2D eigenvalue weighted by atomic mass is 9.83. The molecule has 220 valence electrons. The third-order valence-electron chi connectivity index (χ3n) is 7.94. The number of alkyl halides is 5. The van der Waals surface area contributed by atoms with Crippen molar-refractivity contribution in [1.29, 1.82) is 0 Å². The first-order valence-corrected chi connectivity index (χ1v) is 14.1. The minimum Gasteiger partial charge on any atom is -0.351 e. The van der Waals surface area contributed by atoms with Crippen molar-refractivity contribution in [2.24, 2.45) is 18.9 Å². The SMILES string of the molecule is Cn1nc(C(F)F)cc1Nc1nncn1[C@H]1CCc2sc(NC(=O)C3CC(F)C3)c(C(=O)NC[C@H]3CC3(F)F)c2C1. The van der Waals surface area contributed by atoms with Crippen LogP contribution in [0.1, 0.15) is 64.6 Å². The predicted molar refractivity (Wildman–Crippen MR) is 138 cm³/mol. The Labute approximate surface area is 234 Å². The maximum absolute atomic E-state index is 13.4. The van der Waals surface area contributed by atoms with E-state index in [1.54, 1.807) is 4.57 Å². The Bertz CT molecular complexity index is 1480. The number of aromatic nitrogens is 5. The van der Waals surface area contributed by atoms with Crippen molar-refractivity contribution in [3.05, 3.63) is 34.1 Å². The lowest BCUT2D eigenvalue weighted by Gasteiger charge is -2.28. The van der Waals surface area contributed by atoms with Gasteiger partial charge in [0.25, 0.3) is 18.3 Å².